The lowest BCUT2D eigenvalue weighted by Crippen LogP contribution is -2.38. The highest BCUT2D eigenvalue weighted by molar-refractivity contribution is 7.14. The monoisotopic (exact) mass is 509 g/mol. The van der Waals surface area contributed by atoms with Crippen LogP contribution in [0.2, 0.25) is 5.02 Å². The maximum absolute atomic E-state index is 14.8. The van der Waals surface area contributed by atoms with E-state index in [4.69, 9.17) is 21.7 Å². The Morgan fingerprint density at radius 3 is 2.43 bits per heavy atom. The van der Waals surface area contributed by atoms with Crippen molar-refractivity contribution >= 4 is 45.6 Å². The predicted octanol–water partition coefficient (Wildman–Crippen LogP) is 6.14. The molecule has 0 aliphatic rings. The first-order valence-electron chi connectivity index (χ1n) is 10.7. The molecule has 0 saturated heterocycles. The Hall–Kier alpha value is -3.75. The SMILES string of the molecule is CC(NC(=O)c1ccc(CN(c2nc(-c3ccc(Cl)cc3)cs2)c2ccccc2F)cc1)C(=O)O. The zero-order valence-electron chi connectivity index (χ0n) is 18.6. The largest absolute Gasteiger partial charge is 0.480 e. The molecule has 4 aromatic rings. The van der Waals surface area contributed by atoms with Crippen molar-refractivity contribution in [1.29, 1.82) is 0 Å². The lowest BCUT2D eigenvalue weighted by atomic mass is 10.1. The van der Waals surface area contributed by atoms with Crippen molar-refractivity contribution in [3.8, 4) is 11.3 Å². The maximum atomic E-state index is 14.8. The summed E-state index contributed by atoms with van der Waals surface area (Å²) in [6.45, 7) is 1.70. The number of nitrogens with one attached hydrogen (secondary N) is 1. The van der Waals surface area contributed by atoms with E-state index in [2.05, 4.69) is 5.32 Å². The van der Waals surface area contributed by atoms with Crippen LogP contribution < -0.4 is 10.2 Å². The molecule has 1 heterocycles. The van der Waals surface area contributed by atoms with Crippen molar-refractivity contribution in [2.45, 2.75) is 19.5 Å². The summed E-state index contributed by atoms with van der Waals surface area (Å²) in [4.78, 5) is 29.8. The fourth-order valence-corrected chi connectivity index (χ4v) is 4.33. The minimum atomic E-state index is -1.11. The number of benzene rings is 3. The van der Waals surface area contributed by atoms with Crippen LogP contribution in [0, 0.1) is 5.82 Å². The predicted molar refractivity (Wildman–Crippen MR) is 136 cm³/mol. The van der Waals surface area contributed by atoms with E-state index in [0.717, 1.165) is 16.8 Å². The van der Waals surface area contributed by atoms with Gasteiger partial charge in [-0.3, -0.25) is 9.59 Å². The van der Waals surface area contributed by atoms with Crippen LogP contribution in [0.3, 0.4) is 0 Å². The number of hydrogen-bond donors (Lipinski definition) is 2. The lowest BCUT2D eigenvalue weighted by Gasteiger charge is -2.23. The highest BCUT2D eigenvalue weighted by atomic mass is 35.5. The van der Waals surface area contributed by atoms with E-state index < -0.39 is 17.9 Å². The van der Waals surface area contributed by atoms with Gasteiger partial charge in [-0.05, 0) is 48.9 Å². The number of amides is 1. The van der Waals surface area contributed by atoms with Gasteiger partial charge in [0.25, 0.3) is 5.91 Å². The smallest absolute Gasteiger partial charge is 0.325 e. The third-order valence-electron chi connectivity index (χ3n) is 5.28. The second kappa shape index (κ2) is 10.7. The maximum Gasteiger partial charge on any atom is 0.325 e. The number of hydrogen-bond acceptors (Lipinski definition) is 5. The standard InChI is InChI=1S/C26H21ClFN3O3S/c1-16(25(33)34)29-24(32)19-8-6-17(7-9-19)14-31(23-5-3-2-4-21(23)28)26-30-22(15-35-26)18-10-12-20(27)13-11-18/h2-13,15-16H,14H2,1H3,(H,29,32)(H,33,34). The van der Waals surface area contributed by atoms with Gasteiger partial charge in [-0.2, -0.15) is 0 Å². The van der Waals surface area contributed by atoms with E-state index in [-0.39, 0.29) is 5.82 Å². The van der Waals surface area contributed by atoms with Gasteiger partial charge in [-0.1, -0.05) is 48.0 Å². The van der Waals surface area contributed by atoms with E-state index in [0.29, 0.717) is 27.9 Å². The summed E-state index contributed by atoms with van der Waals surface area (Å²) in [7, 11) is 0. The van der Waals surface area contributed by atoms with Crippen LogP contribution in [0.25, 0.3) is 11.3 Å². The number of carbonyl (C=O) groups excluding carboxylic acids is 1. The molecule has 0 spiro atoms. The molecule has 4 rings (SSSR count). The number of thiazole rings is 1. The molecule has 6 nitrogen and oxygen atoms in total. The molecule has 0 saturated carbocycles. The van der Waals surface area contributed by atoms with E-state index in [1.165, 1.54) is 24.3 Å². The first-order valence-corrected chi connectivity index (χ1v) is 11.9. The number of halogens is 2. The van der Waals surface area contributed by atoms with Crippen LogP contribution in [0.4, 0.5) is 15.2 Å². The molecule has 1 unspecified atom stereocenters. The molecule has 0 bridgehead atoms. The Morgan fingerprint density at radius 1 is 1.09 bits per heavy atom. The van der Waals surface area contributed by atoms with E-state index in [9.17, 15) is 14.0 Å². The van der Waals surface area contributed by atoms with Gasteiger partial charge in [0, 0.05) is 21.5 Å². The number of para-hydroxylation sites is 1. The highest BCUT2D eigenvalue weighted by Crippen LogP contribution is 2.35. The van der Waals surface area contributed by atoms with Gasteiger partial charge in [-0.15, -0.1) is 11.3 Å². The first-order chi connectivity index (χ1) is 16.8. The number of aromatic nitrogens is 1. The Morgan fingerprint density at radius 2 is 1.77 bits per heavy atom. The third-order valence-corrected chi connectivity index (χ3v) is 6.40. The summed E-state index contributed by atoms with van der Waals surface area (Å²) in [5.74, 6) is -1.98. The molecule has 1 aromatic heterocycles. The summed E-state index contributed by atoms with van der Waals surface area (Å²) in [5, 5.41) is 14.6. The molecule has 0 fully saturated rings. The molecule has 0 aliphatic heterocycles. The van der Waals surface area contributed by atoms with Crippen molar-refractivity contribution in [3.63, 3.8) is 0 Å². The van der Waals surface area contributed by atoms with Crippen molar-refractivity contribution in [1.82, 2.24) is 10.3 Å². The van der Waals surface area contributed by atoms with Gasteiger partial charge in [0.05, 0.1) is 17.9 Å². The molecule has 35 heavy (non-hydrogen) atoms. The van der Waals surface area contributed by atoms with Crippen LogP contribution in [0.5, 0.6) is 0 Å². The fourth-order valence-electron chi connectivity index (χ4n) is 3.35. The molecule has 1 amide bonds. The van der Waals surface area contributed by atoms with Gasteiger partial charge < -0.3 is 15.3 Å². The Balaban J connectivity index is 1.60. The van der Waals surface area contributed by atoms with Crippen LogP contribution in [-0.4, -0.2) is 28.0 Å². The number of rotatable bonds is 8. The number of carboxylic acid groups (broad SMARTS) is 1. The summed E-state index contributed by atoms with van der Waals surface area (Å²) in [5.41, 5.74) is 3.18. The summed E-state index contributed by atoms with van der Waals surface area (Å²) < 4.78 is 14.8. The van der Waals surface area contributed by atoms with E-state index in [1.807, 2.05) is 17.5 Å². The van der Waals surface area contributed by atoms with E-state index >= 15 is 0 Å². The molecule has 9 heteroatoms. The van der Waals surface area contributed by atoms with Crippen molar-refractivity contribution < 1.29 is 19.1 Å². The Labute approximate surface area is 210 Å². The van der Waals surface area contributed by atoms with Crippen LogP contribution in [0.1, 0.15) is 22.8 Å². The Bertz CT molecular complexity index is 1340. The zero-order chi connectivity index (χ0) is 24.9. The molecule has 0 aliphatic carbocycles. The molecule has 178 valence electrons. The number of anilines is 2. The first kappa shape index (κ1) is 24.4. The third kappa shape index (κ3) is 5.85. The van der Waals surface area contributed by atoms with Crippen LogP contribution in [0.15, 0.2) is 78.2 Å². The molecule has 2 N–H and O–H groups in total. The van der Waals surface area contributed by atoms with Crippen LogP contribution >= 0.6 is 22.9 Å². The van der Waals surface area contributed by atoms with Crippen molar-refractivity contribution in [2.24, 2.45) is 0 Å². The average molecular weight is 510 g/mol. The summed E-state index contributed by atoms with van der Waals surface area (Å²) in [6.07, 6.45) is 0. The molecule has 1 atom stereocenters. The zero-order valence-corrected chi connectivity index (χ0v) is 20.2. The van der Waals surface area contributed by atoms with Crippen LogP contribution in [-0.2, 0) is 11.3 Å². The topological polar surface area (TPSA) is 82.5 Å². The molecular weight excluding hydrogens is 489 g/mol. The van der Waals surface area contributed by atoms with E-state index in [1.54, 1.807) is 59.5 Å². The second-order valence-corrected chi connectivity index (χ2v) is 9.06. The minimum Gasteiger partial charge on any atom is -0.480 e. The van der Waals surface area contributed by atoms with Gasteiger partial charge >= 0.3 is 5.97 Å². The van der Waals surface area contributed by atoms with Gasteiger partial charge in [-0.25, -0.2) is 9.37 Å². The fraction of sp³-hybridized carbons (Fsp3) is 0.115. The van der Waals surface area contributed by atoms with Gasteiger partial charge in [0.1, 0.15) is 11.9 Å². The van der Waals surface area contributed by atoms with Gasteiger partial charge in [0.15, 0.2) is 5.13 Å². The van der Waals surface area contributed by atoms with Crippen molar-refractivity contribution in [3.05, 3.63) is 100 Å². The number of aliphatic carboxylic acids is 1. The molecule has 3 aromatic carbocycles. The minimum absolute atomic E-state index is 0.307. The number of carbonyl (C=O) groups is 2. The van der Waals surface area contributed by atoms with Gasteiger partial charge in [0.2, 0.25) is 0 Å². The highest BCUT2D eigenvalue weighted by Gasteiger charge is 2.19. The summed E-state index contributed by atoms with van der Waals surface area (Å²) in [6, 6.07) is 19.5. The Kier molecular flexibility index (Phi) is 7.43. The number of carboxylic acids is 1. The number of nitrogens with zero attached hydrogens (tertiary/aromatic N) is 2. The molecule has 0 radical (unpaired) electrons. The quantitative estimate of drug-likeness (QED) is 0.298. The van der Waals surface area contributed by atoms with Crippen molar-refractivity contribution in [2.75, 3.05) is 4.90 Å². The normalized spacial score (nSPS) is 11.6. The average Bonchev–Trinajstić information content (AvgIpc) is 3.34. The second-order valence-electron chi connectivity index (χ2n) is 7.79. The lowest BCUT2D eigenvalue weighted by molar-refractivity contribution is -0.138. The molecular formula is C26H21ClFN3O3S. The summed E-state index contributed by atoms with van der Waals surface area (Å²) >= 11 is 7.39.